The largest absolute Gasteiger partial charge is 0.383 e. The second kappa shape index (κ2) is 6.88. The summed E-state index contributed by atoms with van der Waals surface area (Å²) in [5, 5.41) is 14.0. The summed E-state index contributed by atoms with van der Waals surface area (Å²) in [5.41, 5.74) is 0.299. The predicted octanol–water partition coefficient (Wildman–Crippen LogP) is 2.90. The molecule has 0 saturated heterocycles. The van der Waals surface area contributed by atoms with E-state index in [1.54, 1.807) is 31.1 Å². The van der Waals surface area contributed by atoms with Gasteiger partial charge in [0.1, 0.15) is 11.3 Å². The third kappa shape index (κ3) is 3.07. The summed E-state index contributed by atoms with van der Waals surface area (Å²) in [4.78, 5) is 24.8. The van der Waals surface area contributed by atoms with Gasteiger partial charge in [0.15, 0.2) is 0 Å². The van der Waals surface area contributed by atoms with Gasteiger partial charge in [-0.1, -0.05) is 19.9 Å². The standard InChI is InChI=1S/C14H21N3O3/c1-5-10(6-2)16(4)14(18)11-8-7-9-12(15-3)13(11)17(19)20/h7-10,15H,5-6H2,1-4H3. The number of amides is 1. The maximum absolute atomic E-state index is 12.5. The topological polar surface area (TPSA) is 75.5 Å². The molecule has 0 aliphatic carbocycles. The number of nitrogens with zero attached hydrogens (tertiary/aromatic N) is 2. The minimum absolute atomic E-state index is 0.0837. The molecule has 0 aromatic heterocycles. The first-order chi connectivity index (χ1) is 9.47. The van der Waals surface area contributed by atoms with Crippen molar-refractivity contribution in [2.24, 2.45) is 0 Å². The first-order valence-corrected chi connectivity index (χ1v) is 6.70. The molecule has 6 heteroatoms. The van der Waals surface area contributed by atoms with Gasteiger partial charge in [0.05, 0.1) is 4.92 Å². The number of nitrogens with one attached hydrogen (secondary N) is 1. The van der Waals surface area contributed by atoms with Crippen LogP contribution >= 0.6 is 0 Å². The number of para-hydroxylation sites is 1. The summed E-state index contributed by atoms with van der Waals surface area (Å²) < 4.78 is 0. The SMILES string of the molecule is CCC(CC)N(C)C(=O)c1cccc(NC)c1[N+](=O)[O-]. The molecule has 0 aliphatic rings. The summed E-state index contributed by atoms with van der Waals surface area (Å²) in [5.74, 6) is -0.317. The third-order valence-electron chi connectivity index (χ3n) is 3.53. The summed E-state index contributed by atoms with van der Waals surface area (Å²) in [6.45, 7) is 3.99. The second-order valence-electron chi connectivity index (χ2n) is 4.60. The molecule has 20 heavy (non-hydrogen) atoms. The molecule has 110 valence electrons. The fourth-order valence-corrected chi connectivity index (χ4v) is 2.31. The van der Waals surface area contributed by atoms with Crippen LogP contribution in [-0.2, 0) is 0 Å². The molecule has 0 aliphatic heterocycles. The van der Waals surface area contributed by atoms with E-state index in [2.05, 4.69) is 5.32 Å². The first kappa shape index (κ1) is 15.9. The monoisotopic (exact) mass is 279 g/mol. The van der Waals surface area contributed by atoms with Gasteiger partial charge >= 0.3 is 5.69 Å². The van der Waals surface area contributed by atoms with Crippen LogP contribution in [0.4, 0.5) is 11.4 Å². The molecule has 1 amide bonds. The highest BCUT2D eigenvalue weighted by atomic mass is 16.6. The second-order valence-corrected chi connectivity index (χ2v) is 4.60. The van der Waals surface area contributed by atoms with E-state index in [4.69, 9.17) is 0 Å². The van der Waals surface area contributed by atoms with Crippen molar-refractivity contribution in [1.29, 1.82) is 0 Å². The first-order valence-electron chi connectivity index (χ1n) is 6.70. The van der Waals surface area contributed by atoms with E-state index in [0.29, 0.717) is 5.69 Å². The normalized spacial score (nSPS) is 10.4. The smallest absolute Gasteiger partial charge is 0.305 e. The van der Waals surface area contributed by atoms with Gasteiger partial charge in [0.2, 0.25) is 0 Å². The minimum Gasteiger partial charge on any atom is -0.383 e. The van der Waals surface area contributed by atoms with Crippen LogP contribution in [0.1, 0.15) is 37.0 Å². The Kier molecular flexibility index (Phi) is 5.49. The molecular weight excluding hydrogens is 258 g/mol. The molecular formula is C14H21N3O3. The number of hydrogen-bond donors (Lipinski definition) is 1. The van der Waals surface area contributed by atoms with Crippen LogP contribution in [0.5, 0.6) is 0 Å². The van der Waals surface area contributed by atoms with Crippen molar-refractivity contribution in [3.63, 3.8) is 0 Å². The number of benzene rings is 1. The number of hydrogen-bond acceptors (Lipinski definition) is 4. The van der Waals surface area contributed by atoms with Crippen molar-refractivity contribution in [2.75, 3.05) is 19.4 Å². The number of rotatable bonds is 6. The molecule has 0 spiro atoms. The Labute approximate surface area is 118 Å². The van der Waals surface area contributed by atoms with Gasteiger partial charge in [-0.3, -0.25) is 14.9 Å². The molecule has 0 saturated carbocycles. The average Bonchev–Trinajstić information content (AvgIpc) is 2.46. The van der Waals surface area contributed by atoms with Crippen molar-refractivity contribution in [3.05, 3.63) is 33.9 Å². The van der Waals surface area contributed by atoms with Crippen molar-refractivity contribution in [3.8, 4) is 0 Å². The van der Waals surface area contributed by atoms with Crippen LogP contribution < -0.4 is 5.32 Å². The fourth-order valence-electron chi connectivity index (χ4n) is 2.31. The lowest BCUT2D eigenvalue weighted by Crippen LogP contribution is -2.36. The Morgan fingerprint density at radius 1 is 1.40 bits per heavy atom. The molecule has 0 bridgehead atoms. The molecule has 0 radical (unpaired) electrons. The highest BCUT2D eigenvalue weighted by Gasteiger charge is 2.28. The zero-order valence-electron chi connectivity index (χ0n) is 12.3. The predicted molar refractivity (Wildman–Crippen MR) is 79.1 cm³/mol. The van der Waals surface area contributed by atoms with E-state index < -0.39 is 4.92 Å². The molecule has 1 aromatic carbocycles. The van der Waals surface area contributed by atoms with Gasteiger partial charge in [-0.15, -0.1) is 0 Å². The number of carbonyl (C=O) groups is 1. The van der Waals surface area contributed by atoms with E-state index in [-0.39, 0.29) is 23.2 Å². The summed E-state index contributed by atoms with van der Waals surface area (Å²) in [6, 6.07) is 4.82. The lowest BCUT2D eigenvalue weighted by molar-refractivity contribution is -0.384. The van der Waals surface area contributed by atoms with E-state index in [0.717, 1.165) is 12.8 Å². The maximum atomic E-state index is 12.5. The average molecular weight is 279 g/mol. The lowest BCUT2D eigenvalue weighted by Gasteiger charge is -2.26. The van der Waals surface area contributed by atoms with E-state index in [1.165, 1.54) is 6.07 Å². The maximum Gasteiger partial charge on any atom is 0.305 e. The molecule has 1 rings (SSSR count). The minimum atomic E-state index is -0.514. The quantitative estimate of drug-likeness (QED) is 0.641. The molecule has 0 atom stereocenters. The summed E-state index contributed by atoms with van der Waals surface area (Å²) in [6.07, 6.45) is 1.64. The van der Waals surface area contributed by atoms with Crippen molar-refractivity contribution >= 4 is 17.3 Å². The highest BCUT2D eigenvalue weighted by molar-refractivity contribution is 6.00. The van der Waals surface area contributed by atoms with Gasteiger partial charge < -0.3 is 10.2 Å². The van der Waals surface area contributed by atoms with Gasteiger partial charge in [0.25, 0.3) is 5.91 Å². The van der Waals surface area contributed by atoms with Crippen LogP contribution in [0, 0.1) is 10.1 Å². The van der Waals surface area contributed by atoms with E-state index >= 15 is 0 Å². The van der Waals surface area contributed by atoms with Crippen LogP contribution in [0.3, 0.4) is 0 Å². The Bertz CT molecular complexity index is 498. The van der Waals surface area contributed by atoms with Gasteiger partial charge in [-0.25, -0.2) is 0 Å². The number of nitro benzene ring substituents is 1. The number of carbonyl (C=O) groups excluding carboxylic acids is 1. The van der Waals surface area contributed by atoms with Gasteiger partial charge in [-0.05, 0) is 25.0 Å². The Morgan fingerprint density at radius 3 is 2.45 bits per heavy atom. The Hall–Kier alpha value is -2.11. The van der Waals surface area contributed by atoms with Gasteiger partial charge in [0, 0.05) is 20.1 Å². The number of anilines is 1. The van der Waals surface area contributed by atoms with E-state index in [9.17, 15) is 14.9 Å². The van der Waals surface area contributed by atoms with Gasteiger partial charge in [-0.2, -0.15) is 0 Å². The van der Waals surface area contributed by atoms with Crippen LogP contribution in [-0.4, -0.2) is 35.9 Å². The summed E-state index contributed by atoms with van der Waals surface area (Å²) >= 11 is 0. The molecule has 6 nitrogen and oxygen atoms in total. The third-order valence-corrected chi connectivity index (χ3v) is 3.53. The van der Waals surface area contributed by atoms with Crippen LogP contribution in [0.15, 0.2) is 18.2 Å². The summed E-state index contributed by atoms with van der Waals surface area (Å²) in [7, 11) is 3.29. The lowest BCUT2D eigenvalue weighted by atomic mass is 10.1. The molecule has 1 aromatic rings. The molecule has 0 fully saturated rings. The number of nitro groups is 1. The zero-order valence-corrected chi connectivity index (χ0v) is 12.3. The Morgan fingerprint density at radius 2 is 2.00 bits per heavy atom. The van der Waals surface area contributed by atoms with Crippen molar-refractivity contribution in [2.45, 2.75) is 32.7 Å². The molecule has 1 N–H and O–H groups in total. The van der Waals surface area contributed by atoms with Crippen LogP contribution in [0.25, 0.3) is 0 Å². The zero-order chi connectivity index (χ0) is 15.3. The fraction of sp³-hybridized carbons (Fsp3) is 0.500. The van der Waals surface area contributed by atoms with Crippen molar-refractivity contribution in [1.82, 2.24) is 4.90 Å². The Balaban J connectivity index is 3.25. The molecule has 0 heterocycles. The van der Waals surface area contributed by atoms with Crippen LogP contribution in [0.2, 0.25) is 0 Å². The van der Waals surface area contributed by atoms with E-state index in [1.807, 2.05) is 13.8 Å². The molecule has 0 unspecified atom stereocenters. The van der Waals surface area contributed by atoms with Crippen molar-refractivity contribution < 1.29 is 9.72 Å². The highest BCUT2D eigenvalue weighted by Crippen LogP contribution is 2.29.